The molecule has 92 valence electrons. The van der Waals surface area contributed by atoms with Crippen LogP contribution in [-0.4, -0.2) is 21.6 Å². The van der Waals surface area contributed by atoms with Crippen molar-refractivity contribution >= 4 is 5.97 Å². The molecule has 0 rings (SSSR count). The first-order valence-corrected chi connectivity index (χ1v) is 6.92. The molecule has 0 aliphatic heterocycles. The fourth-order valence-corrected chi connectivity index (χ4v) is 0.880. The Bertz CT molecular complexity index is 155. The first-order valence-electron chi connectivity index (χ1n) is 4.52. The Balaban J connectivity index is -0.000000245. The van der Waals surface area contributed by atoms with Crippen molar-refractivity contribution < 1.29 is 45.7 Å². The molecule has 0 bridgehead atoms. The standard InChI is InChI=1S/C8H16O2.H2O2.2O.W/c1-2-3-4-5-6-7-8(9)10;1-2;;;/h2-7H2,1H3,(H,9,10);1-2H;;;. The van der Waals surface area contributed by atoms with E-state index < -0.39 is 24.5 Å². The summed E-state index contributed by atoms with van der Waals surface area (Å²) in [6.45, 7) is 2.15. The van der Waals surface area contributed by atoms with Gasteiger partial charge in [-0.25, -0.2) is 0 Å². The molecule has 0 aromatic heterocycles. The number of aliphatic carboxylic acids is 1. The normalized spacial score (nSPS) is 7.67. The van der Waals surface area contributed by atoms with Gasteiger partial charge >= 0.3 is 31.3 Å². The van der Waals surface area contributed by atoms with E-state index in [0.29, 0.717) is 6.42 Å². The zero-order valence-corrected chi connectivity index (χ0v) is 11.7. The van der Waals surface area contributed by atoms with Crippen LogP contribution in [0.15, 0.2) is 0 Å². The van der Waals surface area contributed by atoms with Gasteiger partial charge in [0.15, 0.2) is 0 Å². The van der Waals surface area contributed by atoms with Crippen molar-refractivity contribution in [2.75, 3.05) is 0 Å². The second-order valence-electron chi connectivity index (χ2n) is 2.63. The zero-order chi connectivity index (χ0) is 12.5. The number of carboxylic acid groups (broad SMARTS) is 1. The monoisotopic (exact) mass is 394 g/mol. The first kappa shape index (κ1) is 20.1. The van der Waals surface area contributed by atoms with E-state index in [1.165, 1.54) is 19.3 Å². The van der Waals surface area contributed by atoms with E-state index in [1.54, 1.807) is 0 Å². The maximum atomic E-state index is 10.0. The van der Waals surface area contributed by atoms with E-state index in [-0.39, 0.29) is 0 Å². The van der Waals surface area contributed by atoms with Gasteiger partial charge in [0, 0.05) is 6.42 Å². The zero-order valence-electron chi connectivity index (χ0n) is 8.72. The van der Waals surface area contributed by atoms with E-state index in [1.807, 2.05) is 0 Å². The molecule has 6 nitrogen and oxygen atoms in total. The fourth-order valence-electron chi connectivity index (χ4n) is 0.880. The van der Waals surface area contributed by atoms with Crippen molar-refractivity contribution in [1.29, 1.82) is 0 Å². The number of unbranched alkanes of at least 4 members (excludes halogenated alkanes) is 4. The van der Waals surface area contributed by atoms with E-state index >= 15 is 0 Å². The summed E-state index contributed by atoms with van der Waals surface area (Å²) in [5.74, 6) is -0.670. The Hall–Kier alpha value is -0.322. The SMILES string of the molecule is CCCCCCCC(=O)O.OO.[O]=[W]=[O]. The van der Waals surface area contributed by atoms with Crippen LogP contribution in [0, 0.1) is 0 Å². The molecule has 0 saturated heterocycles. The molecule has 0 spiro atoms. The summed E-state index contributed by atoms with van der Waals surface area (Å²) in [5, 5.41) is 20.3. The minimum absolute atomic E-state index is 0.337. The molecular formula is C8H18O6W. The third-order valence-corrected chi connectivity index (χ3v) is 1.49. The van der Waals surface area contributed by atoms with E-state index in [2.05, 4.69) is 6.92 Å². The molecular weight excluding hydrogens is 376 g/mol. The average Bonchev–Trinajstić information content (AvgIpc) is 2.21. The van der Waals surface area contributed by atoms with Gasteiger partial charge in [-0.15, -0.1) is 0 Å². The molecule has 0 unspecified atom stereocenters. The van der Waals surface area contributed by atoms with Crippen LogP contribution in [0.4, 0.5) is 0 Å². The predicted molar refractivity (Wildman–Crippen MR) is 47.6 cm³/mol. The Kier molecular flexibility index (Phi) is 31.5. The van der Waals surface area contributed by atoms with E-state index in [0.717, 1.165) is 12.8 Å². The summed E-state index contributed by atoms with van der Waals surface area (Å²) in [7, 11) is 0. The third kappa shape index (κ3) is 41.8. The number of hydrogen-bond acceptors (Lipinski definition) is 5. The van der Waals surface area contributed by atoms with Gasteiger partial charge in [-0.1, -0.05) is 32.6 Å². The van der Waals surface area contributed by atoms with Gasteiger partial charge in [-0.3, -0.25) is 15.3 Å². The van der Waals surface area contributed by atoms with Gasteiger partial charge in [0.25, 0.3) is 0 Å². The van der Waals surface area contributed by atoms with Crippen molar-refractivity contribution in [3.63, 3.8) is 0 Å². The Morgan fingerprint density at radius 1 is 1.07 bits per heavy atom. The van der Waals surface area contributed by atoms with Crippen molar-refractivity contribution in [3.8, 4) is 0 Å². The third-order valence-electron chi connectivity index (χ3n) is 1.49. The molecule has 3 N–H and O–H groups in total. The van der Waals surface area contributed by atoms with Crippen LogP contribution in [0.2, 0.25) is 0 Å². The molecule has 0 aromatic rings. The van der Waals surface area contributed by atoms with Crippen LogP contribution in [0.3, 0.4) is 0 Å². The fraction of sp³-hybridized carbons (Fsp3) is 0.875. The summed E-state index contributed by atoms with van der Waals surface area (Å²) in [6, 6.07) is 0. The Morgan fingerprint density at radius 3 is 1.80 bits per heavy atom. The Labute approximate surface area is 97.4 Å². The van der Waals surface area contributed by atoms with Gasteiger partial charge in [-0.05, 0) is 6.42 Å². The van der Waals surface area contributed by atoms with Crippen LogP contribution in [-0.2, 0) is 30.1 Å². The van der Waals surface area contributed by atoms with Gasteiger partial charge in [0.05, 0.1) is 0 Å². The molecule has 0 saturated carbocycles. The molecule has 0 aliphatic rings. The average molecular weight is 394 g/mol. The topological polar surface area (TPSA) is 112 Å². The molecule has 7 heteroatoms. The summed E-state index contributed by atoms with van der Waals surface area (Å²) in [6.07, 6.45) is 5.88. The summed E-state index contributed by atoms with van der Waals surface area (Å²) < 4.78 is 17.1. The van der Waals surface area contributed by atoms with Gasteiger partial charge in [0.2, 0.25) is 0 Å². The molecule has 0 atom stereocenters. The molecule has 0 aromatic carbocycles. The number of hydrogen-bond donors (Lipinski definition) is 3. The molecule has 0 heterocycles. The van der Waals surface area contributed by atoms with Crippen LogP contribution < -0.4 is 0 Å². The summed E-state index contributed by atoms with van der Waals surface area (Å²) in [4.78, 5) is 10.0. The molecule has 0 fully saturated rings. The van der Waals surface area contributed by atoms with Gasteiger partial charge in [-0.2, -0.15) is 0 Å². The second-order valence-corrected chi connectivity index (χ2v) is 3.11. The second kappa shape index (κ2) is 23.5. The van der Waals surface area contributed by atoms with E-state index in [9.17, 15) is 4.79 Å². The van der Waals surface area contributed by atoms with Crippen LogP contribution in [0.5, 0.6) is 0 Å². The van der Waals surface area contributed by atoms with Gasteiger partial charge in [0.1, 0.15) is 0 Å². The maximum absolute atomic E-state index is 10.0. The van der Waals surface area contributed by atoms with Crippen LogP contribution >= 0.6 is 0 Å². The first-order chi connectivity index (χ1) is 7.18. The molecule has 0 aliphatic carbocycles. The quantitative estimate of drug-likeness (QED) is 0.362. The molecule has 15 heavy (non-hydrogen) atoms. The predicted octanol–water partition coefficient (Wildman–Crippen LogP) is 2.21. The van der Waals surface area contributed by atoms with Gasteiger partial charge < -0.3 is 5.11 Å². The van der Waals surface area contributed by atoms with Crippen molar-refractivity contribution in [2.24, 2.45) is 0 Å². The van der Waals surface area contributed by atoms with Crippen LogP contribution in [0.25, 0.3) is 0 Å². The molecule has 0 amide bonds. The van der Waals surface area contributed by atoms with Crippen molar-refractivity contribution in [2.45, 2.75) is 45.4 Å². The molecule has 0 radical (unpaired) electrons. The van der Waals surface area contributed by atoms with Crippen LogP contribution in [0.1, 0.15) is 45.4 Å². The number of rotatable bonds is 6. The van der Waals surface area contributed by atoms with E-state index in [4.69, 9.17) is 22.4 Å². The minimum atomic E-state index is -2.25. The van der Waals surface area contributed by atoms with Crippen molar-refractivity contribution in [3.05, 3.63) is 0 Å². The number of carbonyl (C=O) groups is 1. The number of carboxylic acids is 1. The summed E-state index contributed by atoms with van der Waals surface area (Å²) in [5.41, 5.74) is 0. The Morgan fingerprint density at radius 2 is 1.47 bits per heavy atom. The summed E-state index contributed by atoms with van der Waals surface area (Å²) >= 11 is -2.25. The van der Waals surface area contributed by atoms with Crippen molar-refractivity contribution in [1.82, 2.24) is 0 Å².